The summed E-state index contributed by atoms with van der Waals surface area (Å²) in [6.45, 7) is 0.917. The van der Waals surface area contributed by atoms with Crippen LogP contribution < -0.4 is 10.1 Å². The number of anilines is 2. The summed E-state index contributed by atoms with van der Waals surface area (Å²) in [6, 6.07) is 8.41. The van der Waals surface area contributed by atoms with Crippen LogP contribution in [-0.4, -0.2) is 76.6 Å². The highest BCUT2D eigenvalue weighted by atomic mass is 35.5. The largest absolute Gasteiger partial charge is 0.438 e. The Bertz CT molecular complexity index is 1460. The SMILES string of the molecule is CN(C)CCN(C)S(=O)(=O)c1cnc(Oc2ccc3ncnc(Nc4ccn(C)n4)c3c2)c(Cl)c1. The second-order valence-electron chi connectivity index (χ2n) is 8.09. The summed E-state index contributed by atoms with van der Waals surface area (Å²) in [5.41, 5.74) is 0.701. The third kappa shape index (κ3) is 5.68. The standard InChI is InChI=1S/C22H25ClN8O3S/c1-29(2)9-10-31(4)35(32,33)16-12-18(23)22(24-13-16)34-15-5-6-19-17(11-15)21(26-14-25-19)27-20-7-8-30(3)28-20/h5-8,11-14H,9-10H2,1-4H3,(H,25,26,27,28). The van der Waals surface area contributed by atoms with E-state index in [-0.39, 0.29) is 15.8 Å². The molecule has 0 fully saturated rings. The van der Waals surface area contributed by atoms with E-state index in [0.29, 0.717) is 41.4 Å². The molecule has 0 radical (unpaired) electrons. The van der Waals surface area contributed by atoms with E-state index in [0.717, 1.165) is 0 Å². The Labute approximate surface area is 208 Å². The molecule has 0 aliphatic carbocycles. The fourth-order valence-corrected chi connectivity index (χ4v) is 4.58. The molecule has 1 aromatic carbocycles. The molecule has 3 aromatic heterocycles. The summed E-state index contributed by atoms with van der Waals surface area (Å²) >= 11 is 6.35. The maximum absolute atomic E-state index is 12.8. The first-order valence-electron chi connectivity index (χ1n) is 10.6. The highest BCUT2D eigenvalue weighted by Gasteiger charge is 2.23. The summed E-state index contributed by atoms with van der Waals surface area (Å²) in [7, 11) is 3.36. The van der Waals surface area contributed by atoms with Crippen LogP contribution in [0.25, 0.3) is 10.9 Å². The summed E-state index contributed by atoms with van der Waals surface area (Å²) < 4.78 is 34.5. The van der Waals surface area contributed by atoms with Gasteiger partial charge in [-0.15, -0.1) is 0 Å². The van der Waals surface area contributed by atoms with Crippen LogP contribution in [0.15, 0.2) is 53.9 Å². The molecule has 0 spiro atoms. The fourth-order valence-electron chi connectivity index (χ4n) is 3.18. The molecule has 0 aliphatic heterocycles. The topological polar surface area (TPSA) is 118 Å². The summed E-state index contributed by atoms with van der Waals surface area (Å²) in [6.07, 6.45) is 4.51. The van der Waals surface area contributed by atoms with E-state index in [4.69, 9.17) is 16.3 Å². The van der Waals surface area contributed by atoms with Crippen molar-refractivity contribution in [3.63, 3.8) is 0 Å². The number of aryl methyl sites for hydroxylation is 1. The molecule has 3 heterocycles. The van der Waals surface area contributed by atoms with Crippen molar-refractivity contribution >= 4 is 44.2 Å². The van der Waals surface area contributed by atoms with Gasteiger partial charge >= 0.3 is 0 Å². The second kappa shape index (κ2) is 10.1. The van der Waals surface area contributed by atoms with Gasteiger partial charge in [0.2, 0.25) is 15.9 Å². The maximum atomic E-state index is 12.8. The summed E-state index contributed by atoms with van der Waals surface area (Å²) in [5.74, 6) is 1.71. The first-order valence-corrected chi connectivity index (χ1v) is 12.4. The number of ether oxygens (including phenoxy) is 1. The maximum Gasteiger partial charge on any atom is 0.244 e. The molecule has 0 amide bonds. The Morgan fingerprint density at radius 2 is 1.89 bits per heavy atom. The number of nitrogens with zero attached hydrogens (tertiary/aromatic N) is 7. The van der Waals surface area contributed by atoms with Crippen molar-refractivity contribution in [2.75, 3.05) is 39.5 Å². The normalized spacial score (nSPS) is 12.0. The Morgan fingerprint density at radius 3 is 2.57 bits per heavy atom. The minimum atomic E-state index is -3.74. The zero-order valence-corrected chi connectivity index (χ0v) is 21.2. The second-order valence-corrected chi connectivity index (χ2v) is 10.5. The lowest BCUT2D eigenvalue weighted by atomic mass is 10.2. The number of aromatic nitrogens is 5. The minimum absolute atomic E-state index is 0.00938. The minimum Gasteiger partial charge on any atom is -0.438 e. The number of hydrogen-bond acceptors (Lipinski definition) is 9. The Kier molecular flexibility index (Phi) is 7.17. The molecule has 0 atom stereocenters. The van der Waals surface area contributed by atoms with Gasteiger partial charge in [0.05, 0.1) is 11.7 Å². The van der Waals surface area contributed by atoms with E-state index >= 15 is 0 Å². The van der Waals surface area contributed by atoms with Crippen LogP contribution in [-0.2, 0) is 17.1 Å². The third-order valence-corrected chi connectivity index (χ3v) is 7.23. The molecule has 4 aromatic rings. The molecule has 35 heavy (non-hydrogen) atoms. The predicted octanol–water partition coefficient (Wildman–Crippen LogP) is 3.13. The average Bonchev–Trinajstić information content (AvgIpc) is 3.23. The van der Waals surface area contributed by atoms with Crippen LogP contribution in [0.4, 0.5) is 11.6 Å². The molecular weight excluding hydrogens is 492 g/mol. The molecule has 13 heteroatoms. The van der Waals surface area contributed by atoms with Crippen molar-refractivity contribution < 1.29 is 13.2 Å². The number of benzene rings is 1. The number of fused-ring (bicyclic) bond motifs is 1. The van der Waals surface area contributed by atoms with Gasteiger partial charge in [-0.25, -0.2) is 23.4 Å². The van der Waals surface area contributed by atoms with Gasteiger partial charge in [-0.3, -0.25) is 4.68 Å². The van der Waals surface area contributed by atoms with E-state index in [2.05, 4.69) is 25.4 Å². The molecule has 0 saturated heterocycles. The van der Waals surface area contributed by atoms with Crippen LogP contribution in [0.1, 0.15) is 0 Å². The molecule has 0 saturated carbocycles. The summed E-state index contributed by atoms with van der Waals surface area (Å²) in [4.78, 5) is 14.7. The number of sulfonamides is 1. The van der Waals surface area contributed by atoms with E-state index in [9.17, 15) is 8.42 Å². The molecule has 184 valence electrons. The van der Waals surface area contributed by atoms with Crippen LogP contribution in [0, 0.1) is 0 Å². The average molecular weight is 517 g/mol. The highest BCUT2D eigenvalue weighted by Crippen LogP contribution is 2.32. The number of hydrogen-bond donors (Lipinski definition) is 1. The molecule has 0 aliphatic rings. The van der Waals surface area contributed by atoms with Gasteiger partial charge in [-0.2, -0.15) is 9.40 Å². The predicted molar refractivity (Wildman–Crippen MR) is 134 cm³/mol. The lowest BCUT2D eigenvalue weighted by Gasteiger charge is -2.19. The fraction of sp³-hybridized carbons (Fsp3) is 0.273. The first kappa shape index (κ1) is 24.8. The number of pyridine rings is 1. The number of rotatable bonds is 9. The van der Waals surface area contributed by atoms with Crippen molar-refractivity contribution in [1.82, 2.24) is 33.9 Å². The van der Waals surface area contributed by atoms with Gasteiger partial charge in [-0.05, 0) is 38.4 Å². The van der Waals surface area contributed by atoms with Gasteiger partial charge in [0.1, 0.15) is 27.8 Å². The number of nitrogens with one attached hydrogen (secondary N) is 1. The number of likely N-dealkylation sites (N-methyl/N-ethyl adjacent to an activating group) is 2. The van der Waals surface area contributed by atoms with Crippen LogP contribution in [0.2, 0.25) is 5.02 Å². The van der Waals surface area contributed by atoms with Gasteiger partial charge in [0.15, 0.2) is 5.82 Å². The lowest BCUT2D eigenvalue weighted by Crippen LogP contribution is -2.33. The monoisotopic (exact) mass is 516 g/mol. The van der Waals surface area contributed by atoms with E-state index in [1.807, 2.05) is 38.3 Å². The van der Waals surface area contributed by atoms with E-state index < -0.39 is 10.0 Å². The third-order valence-electron chi connectivity index (χ3n) is 5.13. The Morgan fingerprint density at radius 1 is 1.09 bits per heavy atom. The van der Waals surface area contributed by atoms with E-state index in [1.54, 1.807) is 22.9 Å². The summed E-state index contributed by atoms with van der Waals surface area (Å²) in [5, 5.41) is 8.25. The molecule has 0 unspecified atom stereocenters. The van der Waals surface area contributed by atoms with Crippen LogP contribution in [0.3, 0.4) is 0 Å². The van der Waals surface area contributed by atoms with E-state index in [1.165, 1.54) is 29.9 Å². The van der Waals surface area contributed by atoms with Crippen molar-refractivity contribution in [2.45, 2.75) is 4.90 Å². The lowest BCUT2D eigenvalue weighted by molar-refractivity contribution is 0.358. The highest BCUT2D eigenvalue weighted by molar-refractivity contribution is 7.89. The van der Waals surface area contributed by atoms with Crippen molar-refractivity contribution in [1.29, 1.82) is 0 Å². The molecule has 0 bridgehead atoms. The Balaban J connectivity index is 1.57. The van der Waals surface area contributed by atoms with Gasteiger partial charge in [0, 0.05) is 44.8 Å². The van der Waals surface area contributed by atoms with Crippen molar-refractivity contribution in [2.24, 2.45) is 7.05 Å². The zero-order valence-electron chi connectivity index (χ0n) is 19.7. The Hall–Kier alpha value is -3.32. The van der Waals surface area contributed by atoms with Crippen LogP contribution in [0.5, 0.6) is 11.6 Å². The molecule has 11 nitrogen and oxygen atoms in total. The van der Waals surface area contributed by atoms with Crippen LogP contribution >= 0.6 is 11.6 Å². The first-order chi connectivity index (χ1) is 16.6. The van der Waals surface area contributed by atoms with Gasteiger partial charge in [0.25, 0.3) is 0 Å². The van der Waals surface area contributed by atoms with Crippen molar-refractivity contribution in [3.05, 3.63) is 54.1 Å². The molecule has 4 rings (SSSR count). The molecule has 1 N–H and O–H groups in total. The quantitative estimate of drug-likeness (QED) is 0.358. The smallest absolute Gasteiger partial charge is 0.244 e. The molecular formula is C22H25ClN8O3S. The number of halogens is 1. The van der Waals surface area contributed by atoms with Gasteiger partial charge < -0.3 is 15.0 Å². The van der Waals surface area contributed by atoms with Crippen molar-refractivity contribution in [3.8, 4) is 11.6 Å². The van der Waals surface area contributed by atoms with Gasteiger partial charge in [-0.1, -0.05) is 11.6 Å². The zero-order chi connectivity index (χ0) is 25.2.